The normalized spacial score (nSPS) is 22.3. The third-order valence-electron chi connectivity index (χ3n) is 5.63. The zero-order chi connectivity index (χ0) is 18.2. The van der Waals surface area contributed by atoms with Gasteiger partial charge in [0.15, 0.2) is 11.6 Å². The highest BCUT2D eigenvalue weighted by Gasteiger charge is 2.42. The zero-order valence-electron chi connectivity index (χ0n) is 14.4. The van der Waals surface area contributed by atoms with Crippen LogP contribution in [-0.2, 0) is 15.0 Å². The van der Waals surface area contributed by atoms with Crippen molar-refractivity contribution in [3.05, 3.63) is 97.6 Å². The SMILES string of the molecule is CC1(C)C2=CC3=C4C(=O)C=C(Br)C=C4C=C3C(=O)C2=Cc2ccccc21. The molecule has 0 spiro atoms. The summed E-state index contributed by atoms with van der Waals surface area (Å²) < 4.78 is 0.738. The number of halogens is 1. The van der Waals surface area contributed by atoms with E-state index in [1.54, 1.807) is 6.08 Å². The van der Waals surface area contributed by atoms with Gasteiger partial charge in [0, 0.05) is 32.7 Å². The van der Waals surface area contributed by atoms with Crippen molar-refractivity contribution in [2.75, 3.05) is 0 Å². The molecular formula is C23H15BrO2. The minimum absolute atomic E-state index is 0.00630. The van der Waals surface area contributed by atoms with Crippen LogP contribution in [-0.4, -0.2) is 11.6 Å². The van der Waals surface area contributed by atoms with Crippen LogP contribution in [0, 0.1) is 0 Å². The van der Waals surface area contributed by atoms with Gasteiger partial charge < -0.3 is 0 Å². The standard InChI is InChI=1S/C23H15BrO2/c1-23(2)18-6-4-3-5-12(18)8-17-19(23)11-15-16(22(17)26)9-13-7-14(24)10-20(25)21(13)15/h3-11H,1-2H3. The van der Waals surface area contributed by atoms with Gasteiger partial charge in [0.1, 0.15) is 0 Å². The number of fused-ring (bicyclic) bond motifs is 4. The number of carbonyl (C=O) groups excluding carboxylic acids is 2. The Kier molecular flexibility index (Phi) is 3.03. The number of hydrogen-bond donors (Lipinski definition) is 0. The molecule has 0 atom stereocenters. The van der Waals surface area contributed by atoms with E-state index in [2.05, 4.69) is 48.0 Å². The summed E-state index contributed by atoms with van der Waals surface area (Å²) >= 11 is 3.38. The molecule has 126 valence electrons. The van der Waals surface area contributed by atoms with E-state index in [1.165, 1.54) is 5.56 Å². The summed E-state index contributed by atoms with van der Waals surface area (Å²) in [4.78, 5) is 25.9. The first kappa shape index (κ1) is 15.7. The van der Waals surface area contributed by atoms with Gasteiger partial charge >= 0.3 is 0 Å². The zero-order valence-corrected chi connectivity index (χ0v) is 16.0. The molecule has 0 unspecified atom stereocenters. The molecule has 2 nitrogen and oxygen atoms in total. The molecule has 0 fully saturated rings. The predicted molar refractivity (Wildman–Crippen MR) is 106 cm³/mol. The van der Waals surface area contributed by atoms with Gasteiger partial charge in [-0.2, -0.15) is 0 Å². The summed E-state index contributed by atoms with van der Waals surface area (Å²) in [6.45, 7) is 4.28. The number of ketones is 2. The number of Topliss-reactive ketones (excluding diaryl/α,β-unsaturated/α-hetero) is 1. The van der Waals surface area contributed by atoms with Gasteiger partial charge in [-0.1, -0.05) is 54.0 Å². The quantitative estimate of drug-likeness (QED) is 0.618. The van der Waals surface area contributed by atoms with Gasteiger partial charge in [-0.25, -0.2) is 0 Å². The molecule has 0 radical (unpaired) electrons. The molecule has 4 aliphatic rings. The Balaban J connectivity index is 1.81. The number of hydrogen-bond acceptors (Lipinski definition) is 2. The molecule has 26 heavy (non-hydrogen) atoms. The smallest absolute Gasteiger partial charge is 0.194 e. The maximum absolute atomic E-state index is 13.3. The average Bonchev–Trinajstić information content (AvgIpc) is 2.95. The van der Waals surface area contributed by atoms with Crippen molar-refractivity contribution in [2.45, 2.75) is 19.3 Å². The molecular weight excluding hydrogens is 388 g/mol. The van der Waals surface area contributed by atoms with Crippen molar-refractivity contribution in [3.63, 3.8) is 0 Å². The summed E-state index contributed by atoms with van der Waals surface area (Å²) in [5.74, 6) is -0.0477. The maximum atomic E-state index is 13.3. The van der Waals surface area contributed by atoms with E-state index in [4.69, 9.17) is 0 Å². The lowest BCUT2D eigenvalue weighted by Crippen LogP contribution is -2.31. The summed E-state index contributed by atoms with van der Waals surface area (Å²) in [6, 6.07) is 8.19. The van der Waals surface area contributed by atoms with Crippen LogP contribution in [0.3, 0.4) is 0 Å². The Hall–Kier alpha value is -2.52. The molecule has 0 saturated carbocycles. The second-order valence-electron chi connectivity index (χ2n) is 7.50. The van der Waals surface area contributed by atoms with Crippen molar-refractivity contribution in [1.82, 2.24) is 0 Å². The first-order chi connectivity index (χ1) is 12.4. The lowest BCUT2D eigenvalue weighted by Gasteiger charge is -2.37. The van der Waals surface area contributed by atoms with Gasteiger partial charge in [-0.15, -0.1) is 0 Å². The van der Waals surface area contributed by atoms with Crippen LogP contribution in [0.5, 0.6) is 0 Å². The van der Waals surface area contributed by atoms with E-state index in [-0.39, 0.29) is 17.0 Å². The number of allylic oxidation sites excluding steroid dienone is 11. The lowest BCUT2D eigenvalue weighted by molar-refractivity contribution is -0.112. The molecule has 1 aromatic rings. The fraction of sp³-hybridized carbons (Fsp3) is 0.130. The number of rotatable bonds is 0. The van der Waals surface area contributed by atoms with Gasteiger partial charge in [-0.3, -0.25) is 9.59 Å². The summed E-state index contributed by atoms with van der Waals surface area (Å²) in [7, 11) is 0. The minimum atomic E-state index is -0.296. The molecule has 0 N–H and O–H groups in total. The minimum Gasteiger partial charge on any atom is -0.289 e. The van der Waals surface area contributed by atoms with Gasteiger partial charge in [0.2, 0.25) is 0 Å². The Morgan fingerprint density at radius 3 is 2.46 bits per heavy atom. The van der Waals surface area contributed by atoms with Crippen molar-refractivity contribution in [1.29, 1.82) is 0 Å². The molecule has 4 aliphatic carbocycles. The third kappa shape index (κ3) is 1.92. The molecule has 1 aromatic carbocycles. The van der Waals surface area contributed by atoms with Crippen molar-refractivity contribution in [2.24, 2.45) is 0 Å². The Morgan fingerprint density at radius 1 is 0.885 bits per heavy atom. The molecule has 5 rings (SSSR count). The topological polar surface area (TPSA) is 34.1 Å². The molecule has 0 saturated heterocycles. The van der Waals surface area contributed by atoms with Crippen LogP contribution in [0.25, 0.3) is 6.08 Å². The van der Waals surface area contributed by atoms with Crippen LogP contribution >= 0.6 is 15.9 Å². The van der Waals surface area contributed by atoms with Crippen molar-refractivity contribution >= 4 is 33.6 Å². The second kappa shape index (κ2) is 5.01. The van der Waals surface area contributed by atoms with Crippen LogP contribution in [0.2, 0.25) is 0 Å². The molecule has 3 heteroatoms. The van der Waals surface area contributed by atoms with Crippen molar-refractivity contribution < 1.29 is 9.59 Å². The Morgan fingerprint density at radius 2 is 1.65 bits per heavy atom. The van der Waals surface area contributed by atoms with E-state index in [0.29, 0.717) is 11.1 Å². The van der Waals surface area contributed by atoms with E-state index in [0.717, 1.165) is 32.3 Å². The number of carbonyl (C=O) groups is 2. The van der Waals surface area contributed by atoms with Crippen LogP contribution in [0.15, 0.2) is 86.5 Å². The van der Waals surface area contributed by atoms with Crippen LogP contribution in [0.1, 0.15) is 25.0 Å². The predicted octanol–water partition coefficient (Wildman–Crippen LogP) is 4.89. The lowest BCUT2D eigenvalue weighted by atomic mass is 9.65. The first-order valence-corrected chi connectivity index (χ1v) is 9.35. The highest BCUT2D eigenvalue weighted by Crippen LogP contribution is 2.50. The monoisotopic (exact) mass is 402 g/mol. The molecule has 0 heterocycles. The number of benzene rings is 1. The van der Waals surface area contributed by atoms with Gasteiger partial charge in [-0.05, 0) is 52.2 Å². The first-order valence-electron chi connectivity index (χ1n) is 8.56. The molecule has 0 aromatic heterocycles. The highest BCUT2D eigenvalue weighted by molar-refractivity contribution is 9.11. The summed E-state index contributed by atoms with van der Waals surface area (Å²) in [5.41, 5.74) is 6.56. The van der Waals surface area contributed by atoms with Gasteiger partial charge in [0.25, 0.3) is 0 Å². The fourth-order valence-corrected chi connectivity index (χ4v) is 4.81. The average molecular weight is 403 g/mol. The van der Waals surface area contributed by atoms with E-state index in [1.807, 2.05) is 30.4 Å². The molecule has 0 aliphatic heterocycles. The van der Waals surface area contributed by atoms with Gasteiger partial charge in [0.05, 0.1) is 0 Å². The van der Waals surface area contributed by atoms with E-state index >= 15 is 0 Å². The largest absolute Gasteiger partial charge is 0.289 e. The Labute approximate surface area is 160 Å². The highest BCUT2D eigenvalue weighted by atomic mass is 79.9. The fourth-order valence-electron chi connectivity index (χ4n) is 4.35. The Bertz CT molecular complexity index is 1130. The maximum Gasteiger partial charge on any atom is 0.194 e. The van der Waals surface area contributed by atoms with Crippen molar-refractivity contribution in [3.8, 4) is 0 Å². The van der Waals surface area contributed by atoms with E-state index in [9.17, 15) is 9.59 Å². The van der Waals surface area contributed by atoms with Crippen LogP contribution < -0.4 is 0 Å². The molecule has 0 amide bonds. The third-order valence-corrected chi connectivity index (χ3v) is 6.09. The second-order valence-corrected chi connectivity index (χ2v) is 8.41. The van der Waals surface area contributed by atoms with Crippen LogP contribution in [0.4, 0.5) is 0 Å². The summed E-state index contributed by atoms with van der Waals surface area (Å²) in [5, 5.41) is 0. The summed E-state index contributed by atoms with van der Waals surface area (Å²) in [6.07, 6.45) is 9.36. The molecule has 0 bridgehead atoms. The van der Waals surface area contributed by atoms with E-state index < -0.39 is 0 Å².